The highest BCUT2D eigenvalue weighted by Gasteiger charge is 2.33. The number of unbranched alkanes of at least 4 members (excludes halogenated alkanes) is 2. The third kappa shape index (κ3) is 5.97. The van der Waals surface area contributed by atoms with Gasteiger partial charge in [0.1, 0.15) is 10.9 Å². The first-order valence-corrected chi connectivity index (χ1v) is 10.4. The predicted molar refractivity (Wildman–Crippen MR) is 115 cm³/mol. The summed E-state index contributed by atoms with van der Waals surface area (Å²) in [5, 5.41) is 0. The van der Waals surface area contributed by atoms with Gasteiger partial charge in [-0.05, 0) is 37.1 Å². The lowest BCUT2D eigenvalue weighted by atomic mass is 10.2. The number of esters is 1. The first-order chi connectivity index (χ1) is 13.5. The van der Waals surface area contributed by atoms with Crippen LogP contribution in [-0.4, -0.2) is 48.0 Å². The van der Waals surface area contributed by atoms with Crippen LogP contribution in [0.15, 0.2) is 23.1 Å². The maximum atomic E-state index is 12.6. The lowest BCUT2D eigenvalue weighted by molar-refractivity contribution is -0.145. The molecule has 0 aromatic heterocycles. The van der Waals surface area contributed by atoms with Crippen molar-refractivity contribution in [3.8, 4) is 11.5 Å². The van der Waals surface area contributed by atoms with E-state index in [0.29, 0.717) is 27.3 Å². The van der Waals surface area contributed by atoms with Gasteiger partial charge in [0.05, 0.1) is 25.2 Å². The zero-order valence-electron chi connectivity index (χ0n) is 16.4. The molecule has 1 heterocycles. The van der Waals surface area contributed by atoms with E-state index < -0.39 is 5.97 Å². The summed E-state index contributed by atoms with van der Waals surface area (Å²) in [4.78, 5) is 25.9. The van der Waals surface area contributed by atoms with Crippen molar-refractivity contribution in [2.45, 2.75) is 33.1 Å². The first-order valence-electron chi connectivity index (χ1n) is 9.22. The molecular weight excluding hydrogens is 398 g/mol. The molecule has 1 aromatic carbocycles. The lowest BCUT2D eigenvalue weighted by Gasteiger charge is -2.13. The lowest BCUT2D eigenvalue weighted by Crippen LogP contribution is -2.34. The molecule has 0 unspecified atom stereocenters. The number of nitrogens with zero attached hydrogens (tertiary/aromatic N) is 1. The molecule has 0 N–H and O–H groups in total. The average molecular weight is 424 g/mol. The zero-order chi connectivity index (χ0) is 20.5. The largest absolute Gasteiger partial charge is 0.493 e. The molecule has 2 rings (SSSR count). The van der Waals surface area contributed by atoms with Gasteiger partial charge in [-0.15, -0.1) is 0 Å². The number of hydrogen-bond acceptors (Lipinski definition) is 7. The van der Waals surface area contributed by atoms with Crippen LogP contribution in [0.4, 0.5) is 0 Å². The molecule has 0 radical (unpaired) electrons. The Morgan fingerprint density at radius 3 is 2.71 bits per heavy atom. The van der Waals surface area contributed by atoms with E-state index in [9.17, 15) is 9.59 Å². The second kappa shape index (κ2) is 11.1. The van der Waals surface area contributed by atoms with Crippen molar-refractivity contribution in [2.75, 3.05) is 26.9 Å². The standard InChI is InChI=1S/C20H25NO5S2/c1-4-6-7-10-26-15-9-8-14(11-16(15)24-3)12-17-19(23)21(20(27)28-17)13-18(22)25-5-2/h8-9,11-12H,4-7,10,13H2,1-3H3. The molecule has 8 heteroatoms. The van der Waals surface area contributed by atoms with Gasteiger partial charge in [0.2, 0.25) is 0 Å². The molecule has 0 saturated carbocycles. The van der Waals surface area contributed by atoms with Crippen LogP contribution in [0, 0.1) is 0 Å². The van der Waals surface area contributed by atoms with Gasteiger partial charge in [-0.2, -0.15) is 0 Å². The highest BCUT2D eigenvalue weighted by molar-refractivity contribution is 8.26. The minimum atomic E-state index is -0.480. The third-order valence-corrected chi connectivity index (χ3v) is 5.33. The molecule has 0 bridgehead atoms. The first kappa shape index (κ1) is 22.2. The van der Waals surface area contributed by atoms with Gasteiger partial charge in [0.15, 0.2) is 11.5 Å². The Kier molecular flexibility index (Phi) is 8.79. The molecule has 0 atom stereocenters. The second-order valence-electron chi connectivity index (χ2n) is 6.04. The van der Waals surface area contributed by atoms with E-state index in [0.717, 1.165) is 36.6 Å². The maximum Gasteiger partial charge on any atom is 0.326 e. The summed E-state index contributed by atoms with van der Waals surface area (Å²) in [6.07, 6.45) is 4.97. The Labute approximate surface area is 175 Å². The Morgan fingerprint density at radius 2 is 2.04 bits per heavy atom. The number of rotatable bonds is 10. The predicted octanol–water partition coefficient (Wildman–Crippen LogP) is 4.03. The van der Waals surface area contributed by atoms with Crippen molar-refractivity contribution in [3.63, 3.8) is 0 Å². The van der Waals surface area contributed by atoms with Crippen LogP contribution >= 0.6 is 24.0 Å². The van der Waals surface area contributed by atoms with Gasteiger partial charge in [0, 0.05) is 0 Å². The molecule has 152 valence electrons. The number of benzene rings is 1. The molecule has 1 aliphatic rings. The maximum absolute atomic E-state index is 12.6. The van der Waals surface area contributed by atoms with Crippen molar-refractivity contribution in [1.82, 2.24) is 4.90 Å². The number of thiocarbonyl (C=S) groups is 1. The number of hydrogen-bond donors (Lipinski definition) is 0. The summed E-state index contributed by atoms with van der Waals surface area (Å²) in [5.41, 5.74) is 0.786. The van der Waals surface area contributed by atoms with Crippen molar-refractivity contribution < 1.29 is 23.8 Å². The number of thioether (sulfide) groups is 1. The second-order valence-corrected chi connectivity index (χ2v) is 7.71. The van der Waals surface area contributed by atoms with Crippen LogP contribution in [0.2, 0.25) is 0 Å². The highest BCUT2D eigenvalue weighted by atomic mass is 32.2. The molecule has 28 heavy (non-hydrogen) atoms. The molecule has 6 nitrogen and oxygen atoms in total. The normalized spacial score (nSPS) is 15.2. The minimum Gasteiger partial charge on any atom is -0.493 e. The fraction of sp³-hybridized carbons (Fsp3) is 0.450. The van der Waals surface area contributed by atoms with Crippen molar-refractivity contribution >= 4 is 46.3 Å². The average Bonchev–Trinajstić information content (AvgIpc) is 2.93. The molecule has 0 spiro atoms. The van der Waals surface area contributed by atoms with Crippen molar-refractivity contribution in [3.05, 3.63) is 28.7 Å². The molecule has 1 amide bonds. The quantitative estimate of drug-likeness (QED) is 0.244. The summed E-state index contributed by atoms with van der Waals surface area (Å²) < 4.78 is 16.4. The molecule has 0 aliphatic carbocycles. The summed E-state index contributed by atoms with van der Waals surface area (Å²) >= 11 is 6.39. The number of carbonyl (C=O) groups is 2. The third-order valence-electron chi connectivity index (χ3n) is 3.96. The smallest absolute Gasteiger partial charge is 0.326 e. The fourth-order valence-corrected chi connectivity index (χ4v) is 3.81. The summed E-state index contributed by atoms with van der Waals surface area (Å²) in [6, 6.07) is 5.50. The SMILES string of the molecule is CCCCCOc1ccc(C=C2SC(=S)N(CC(=O)OCC)C2=O)cc1OC. The van der Waals surface area contributed by atoms with Gasteiger partial charge in [0.25, 0.3) is 5.91 Å². The van der Waals surface area contributed by atoms with Gasteiger partial charge >= 0.3 is 5.97 Å². The fourth-order valence-electron chi connectivity index (χ4n) is 2.55. The van der Waals surface area contributed by atoms with E-state index in [4.69, 9.17) is 26.4 Å². The van der Waals surface area contributed by atoms with Gasteiger partial charge in [-0.1, -0.05) is 49.8 Å². The van der Waals surface area contributed by atoms with Crippen LogP contribution in [-0.2, 0) is 14.3 Å². The van der Waals surface area contributed by atoms with E-state index in [2.05, 4.69) is 6.92 Å². The van der Waals surface area contributed by atoms with Gasteiger partial charge in [-0.3, -0.25) is 14.5 Å². The highest BCUT2D eigenvalue weighted by Crippen LogP contribution is 2.34. The summed E-state index contributed by atoms with van der Waals surface area (Å²) in [5.74, 6) is 0.492. The van der Waals surface area contributed by atoms with Crippen LogP contribution in [0.25, 0.3) is 6.08 Å². The molecular formula is C20H25NO5S2. The van der Waals surface area contributed by atoms with Crippen molar-refractivity contribution in [2.24, 2.45) is 0 Å². The van der Waals surface area contributed by atoms with E-state index in [1.165, 1.54) is 4.90 Å². The Morgan fingerprint density at radius 1 is 1.25 bits per heavy atom. The summed E-state index contributed by atoms with van der Waals surface area (Å²) in [7, 11) is 1.58. The van der Waals surface area contributed by atoms with Crippen molar-refractivity contribution in [1.29, 1.82) is 0 Å². The van der Waals surface area contributed by atoms with Crippen LogP contribution in [0.1, 0.15) is 38.7 Å². The Balaban J connectivity index is 2.10. The van der Waals surface area contributed by atoms with Crippen LogP contribution < -0.4 is 9.47 Å². The van der Waals surface area contributed by atoms with Gasteiger partial charge < -0.3 is 14.2 Å². The molecule has 1 aromatic rings. The number of ether oxygens (including phenoxy) is 3. The number of amides is 1. The van der Waals surface area contributed by atoms with Gasteiger partial charge in [-0.25, -0.2) is 0 Å². The zero-order valence-corrected chi connectivity index (χ0v) is 18.0. The minimum absolute atomic E-state index is 0.177. The summed E-state index contributed by atoms with van der Waals surface area (Å²) in [6.45, 7) is 4.58. The van der Waals surface area contributed by atoms with E-state index >= 15 is 0 Å². The Bertz CT molecular complexity index is 763. The van der Waals surface area contributed by atoms with Crippen LogP contribution in [0.3, 0.4) is 0 Å². The number of carbonyl (C=O) groups excluding carboxylic acids is 2. The van der Waals surface area contributed by atoms with E-state index in [-0.39, 0.29) is 19.1 Å². The van der Waals surface area contributed by atoms with E-state index in [1.54, 1.807) is 20.1 Å². The monoisotopic (exact) mass is 423 g/mol. The molecule has 1 fully saturated rings. The van der Waals surface area contributed by atoms with Crippen LogP contribution in [0.5, 0.6) is 11.5 Å². The Hall–Kier alpha value is -2.06. The molecule has 1 aliphatic heterocycles. The molecule has 1 saturated heterocycles. The number of methoxy groups -OCH3 is 1. The van der Waals surface area contributed by atoms with E-state index in [1.807, 2.05) is 18.2 Å². The topological polar surface area (TPSA) is 65.1 Å².